The first kappa shape index (κ1) is 14.7. The molecule has 23 heavy (non-hydrogen) atoms. The topological polar surface area (TPSA) is 85.8 Å². The van der Waals surface area contributed by atoms with Crippen molar-refractivity contribution in [3.63, 3.8) is 0 Å². The molecule has 7 heteroatoms. The predicted molar refractivity (Wildman–Crippen MR) is 84.0 cm³/mol. The minimum Gasteiger partial charge on any atom is -0.465 e. The van der Waals surface area contributed by atoms with E-state index in [4.69, 9.17) is 4.42 Å². The molecule has 3 aromatic rings. The molecule has 0 unspecified atom stereocenters. The molecule has 0 fully saturated rings. The zero-order valence-corrected chi connectivity index (χ0v) is 12.3. The van der Waals surface area contributed by atoms with E-state index in [9.17, 15) is 4.79 Å². The van der Waals surface area contributed by atoms with E-state index in [1.807, 2.05) is 10.8 Å². The van der Waals surface area contributed by atoms with Crippen LogP contribution in [0.15, 0.2) is 59.9 Å². The molecule has 1 amide bonds. The molecule has 0 saturated carbocycles. The molecule has 0 aliphatic carbocycles. The number of hydrogen-bond donors (Lipinski definition) is 1. The molecule has 1 N–H and O–H groups in total. The van der Waals surface area contributed by atoms with Crippen molar-refractivity contribution in [1.82, 2.24) is 24.8 Å². The van der Waals surface area contributed by atoms with Gasteiger partial charge in [0.05, 0.1) is 12.5 Å². The Morgan fingerprint density at radius 2 is 2.26 bits per heavy atom. The second kappa shape index (κ2) is 7.17. The van der Waals surface area contributed by atoms with Crippen LogP contribution in [0.3, 0.4) is 0 Å². The second-order valence-electron chi connectivity index (χ2n) is 4.67. The fourth-order valence-electron chi connectivity index (χ4n) is 2.04. The SMILES string of the molecule is O=C(/C=C/c1ccco1)NCCn1ccnc1-c1cnccn1. The Bertz CT molecular complexity index is 778. The Morgan fingerprint density at radius 3 is 3.04 bits per heavy atom. The standard InChI is InChI=1S/C16H15N5O2/c22-15(4-3-13-2-1-11-23-13)19-7-9-21-10-8-20-16(21)14-12-17-5-6-18-14/h1-6,8,10-12H,7,9H2,(H,19,22)/b4-3+. The predicted octanol–water partition coefficient (Wildman–Crippen LogP) is 1.76. The Balaban J connectivity index is 1.54. The maximum Gasteiger partial charge on any atom is 0.244 e. The monoisotopic (exact) mass is 309 g/mol. The third-order valence-electron chi connectivity index (χ3n) is 3.10. The Kier molecular flexibility index (Phi) is 4.58. The van der Waals surface area contributed by atoms with Crippen LogP contribution in [-0.4, -0.2) is 32.0 Å². The highest BCUT2D eigenvalue weighted by molar-refractivity contribution is 5.91. The van der Waals surface area contributed by atoms with Crippen molar-refractivity contribution < 1.29 is 9.21 Å². The van der Waals surface area contributed by atoms with Gasteiger partial charge in [-0.15, -0.1) is 0 Å². The maximum absolute atomic E-state index is 11.7. The number of nitrogens with zero attached hydrogens (tertiary/aromatic N) is 4. The summed E-state index contributed by atoms with van der Waals surface area (Å²) in [6.45, 7) is 1.07. The first-order chi connectivity index (χ1) is 11.3. The van der Waals surface area contributed by atoms with E-state index in [0.29, 0.717) is 24.5 Å². The van der Waals surface area contributed by atoms with E-state index in [0.717, 1.165) is 5.82 Å². The molecule has 3 heterocycles. The highest BCUT2D eigenvalue weighted by atomic mass is 16.3. The molecule has 3 rings (SSSR count). The zero-order chi connectivity index (χ0) is 15.9. The van der Waals surface area contributed by atoms with Gasteiger partial charge >= 0.3 is 0 Å². The van der Waals surface area contributed by atoms with Crippen molar-refractivity contribution in [3.05, 3.63) is 61.2 Å². The van der Waals surface area contributed by atoms with Gasteiger partial charge in [-0.3, -0.25) is 9.78 Å². The van der Waals surface area contributed by atoms with Gasteiger partial charge in [-0.2, -0.15) is 0 Å². The largest absolute Gasteiger partial charge is 0.465 e. The summed E-state index contributed by atoms with van der Waals surface area (Å²) in [6.07, 6.45) is 13.1. The first-order valence-corrected chi connectivity index (χ1v) is 7.10. The molecule has 116 valence electrons. The van der Waals surface area contributed by atoms with E-state index < -0.39 is 0 Å². The number of carbonyl (C=O) groups is 1. The lowest BCUT2D eigenvalue weighted by atomic mass is 10.4. The van der Waals surface area contributed by atoms with E-state index >= 15 is 0 Å². The van der Waals surface area contributed by atoms with Gasteiger partial charge in [0.2, 0.25) is 5.91 Å². The van der Waals surface area contributed by atoms with Crippen LogP contribution >= 0.6 is 0 Å². The fraction of sp³-hybridized carbons (Fsp3) is 0.125. The molecule has 0 spiro atoms. The summed E-state index contributed by atoms with van der Waals surface area (Å²) in [5.74, 6) is 1.18. The van der Waals surface area contributed by atoms with Crippen molar-refractivity contribution >= 4 is 12.0 Å². The molecule has 0 radical (unpaired) electrons. The van der Waals surface area contributed by atoms with Crippen molar-refractivity contribution in [2.24, 2.45) is 0 Å². The number of aromatic nitrogens is 4. The number of carbonyl (C=O) groups excluding carboxylic acids is 1. The minimum absolute atomic E-state index is 0.178. The van der Waals surface area contributed by atoms with Crippen LogP contribution in [0.4, 0.5) is 0 Å². The first-order valence-electron chi connectivity index (χ1n) is 7.10. The molecule has 3 aromatic heterocycles. The van der Waals surface area contributed by atoms with Crippen LogP contribution in [0.25, 0.3) is 17.6 Å². The lowest BCUT2D eigenvalue weighted by Crippen LogP contribution is -2.25. The molecule has 0 atom stereocenters. The van der Waals surface area contributed by atoms with E-state index in [-0.39, 0.29) is 5.91 Å². The van der Waals surface area contributed by atoms with Crippen LogP contribution in [0, 0.1) is 0 Å². The lowest BCUT2D eigenvalue weighted by Gasteiger charge is -2.07. The smallest absolute Gasteiger partial charge is 0.244 e. The summed E-state index contributed by atoms with van der Waals surface area (Å²) in [7, 11) is 0. The normalized spacial score (nSPS) is 11.0. The van der Waals surface area contributed by atoms with Crippen molar-refractivity contribution in [2.45, 2.75) is 6.54 Å². The summed E-state index contributed by atoms with van der Waals surface area (Å²) >= 11 is 0. The van der Waals surface area contributed by atoms with Crippen LogP contribution in [0.1, 0.15) is 5.76 Å². The molecule has 0 bridgehead atoms. The Morgan fingerprint density at radius 1 is 1.30 bits per heavy atom. The third kappa shape index (κ3) is 3.91. The van der Waals surface area contributed by atoms with Gasteiger partial charge in [-0.05, 0) is 18.2 Å². The number of furan rings is 1. The summed E-state index contributed by atoms with van der Waals surface area (Å²) in [4.78, 5) is 24.3. The fourth-order valence-corrected chi connectivity index (χ4v) is 2.04. The van der Waals surface area contributed by atoms with Gasteiger partial charge in [-0.1, -0.05) is 0 Å². The molecular formula is C16H15N5O2. The average molecular weight is 309 g/mol. The number of nitrogens with one attached hydrogen (secondary N) is 1. The zero-order valence-electron chi connectivity index (χ0n) is 12.3. The van der Waals surface area contributed by atoms with Gasteiger partial charge in [0.1, 0.15) is 11.5 Å². The quantitative estimate of drug-likeness (QED) is 0.701. The number of imidazole rings is 1. The minimum atomic E-state index is -0.178. The van der Waals surface area contributed by atoms with Gasteiger partial charge in [0.25, 0.3) is 0 Å². The summed E-state index contributed by atoms with van der Waals surface area (Å²) < 4.78 is 7.04. The lowest BCUT2D eigenvalue weighted by molar-refractivity contribution is -0.116. The van der Waals surface area contributed by atoms with E-state index in [1.165, 1.54) is 6.08 Å². The summed E-state index contributed by atoms with van der Waals surface area (Å²) in [6, 6.07) is 3.55. The number of amides is 1. The summed E-state index contributed by atoms with van der Waals surface area (Å²) in [5.41, 5.74) is 0.696. The Hall–Kier alpha value is -3.22. The number of hydrogen-bond acceptors (Lipinski definition) is 5. The van der Waals surface area contributed by atoms with Crippen LogP contribution in [0.2, 0.25) is 0 Å². The van der Waals surface area contributed by atoms with Crippen molar-refractivity contribution in [2.75, 3.05) is 6.54 Å². The third-order valence-corrected chi connectivity index (χ3v) is 3.10. The second-order valence-corrected chi connectivity index (χ2v) is 4.67. The average Bonchev–Trinajstić information content (AvgIpc) is 3.25. The summed E-state index contributed by atoms with van der Waals surface area (Å²) in [5, 5.41) is 2.81. The van der Waals surface area contributed by atoms with Gasteiger partial charge < -0.3 is 14.3 Å². The van der Waals surface area contributed by atoms with Gasteiger partial charge in [0, 0.05) is 44.0 Å². The molecule has 7 nitrogen and oxygen atoms in total. The van der Waals surface area contributed by atoms with Crippen LogP contribution in [-0.2, 0) is 11.3 Å². The van der Waals surface area contributed by atoms with Gasteiger partial charge in [0.15, 0.2) is 5.82 Å². The molecule has 0 aliphatic rings. The highest BCUT2D eigenvalue weighted by Crippen LogP contribution is 2.12. The van der Waals surface area contributed by atoms with E-state index in [2.05, 4.69) is 20.3 Å². The van der Waals surface area contributed by atoms with Crippen molar-refractivity contribution in [1.29, 1.82) is 0 Å². The molecule has 0 aromatic carbocycles. The maximum atomic E-state index is 11.7. The van der Waals surface area contributed by atoms with Crippen LogP contribution < -0.4 is 5.32 Å². The molecule has 0 aliphatic heterocycles. The number of rotatable bonds is 6. The van der Waals surface area contributed by atoms with Crippen molar-refractivity contribution in [3.8, 4) is 11.5 Å². The molecule has 0 saturated heterocycles. The highest BCUT2D eigenvalue weighted by Gasteiger charge is 2.07. The Labute approximate surface area is 132 Å². The van der Waals surface area contributed by atoms with Crippen LogP contribution in [0.5, 0.6) is 0 Å². The van der Waals surface area contributed by atoms with Gasteiger partial charge in [-0.25, -0.2) is 9.97 Å². The van der Waals surface area contributed by atoms with E-state index in [1.54, 1.807) is 49.3 Å². The molecular weight excluding hydrogens is 294 g/mol.